The second-order valence-corrected chi connectivity index (χ2v) is 6.35. The third kappa shape index (κ3) is 3.07. The second kappa shape index (κ2) is 5.96. The Bertz CT molecular complexity index is 359. The molecule has 0 saturated heterocycles. The molecule has 0 aromatic carbocycles. The minimum atomic E-state index is 0.529. The van der Waals surface area contributed by atoms with Gasteiger partial charge in [-0.3, -0.25) is 0 Å². The van der Waals surface area contributed by atoms with Gasteiger partial charge >= 0.3 is 0 Å². The third-order valence-corrected chi connectivity index (χ3v) is 5.34. The van der Waals surface area contributed by atoms with Crippen molar-refractivity contribution in [3.05, 3.63) is 0 Å². The van der Waals surface area contributed by atoms with E-state index >= 15 is 0 Å². The fraction of sp³-hybridized carbons (Fsp3) is 0.750. The van der Waals surface area contributed by atoms with Crippen LogP contribution in [-0.2, 0) is 0 Å². The fourth-order valence-electron chi connectivity index (χ4n) is 2.54. The number of nitrogens with zero attached hydrogens (tertiary/aromatic N) is 1. The van der Waals surface area contributed by atoms with E-state index in [1.54, 1.807) is 11.8 Å². The van der Waals surface area contributed by atoms with Crippen molar-refractivity contribution >= 4 is 34.1 Å². The maximum Gasteiger partial charge on any atom is 0.153 e. The topological polar surface area (TPSA) is 50.9 Å². The Labute approximate surface area is 112 Å². The van der Waals surface area contributed by atoms with Gasteiger partial charge in [0, 0.05) is 6.04 Å². The van der Waals surface area contributed by atoms with E-state index in [1.165, 1.54) is 43.6 Å². The van der Waals surface area contributed by atoms with E-state index in [2.05, 4.69) is 22.9 Å². The molecular weight excluding hydrogens is 250 g/mol. The first-order chi connectivity index (χ1) is 8.22. The van der Waals surface area contributed by atoms with Gasteiger partial charge in [0.05, 0.1) is 4.90 Å². The number of hydrogen-bond donors (Lipinski definition) is 2. The van der Waals surface area contributed by atoms with E-state index < -0.39 is 0 Å². The SMILES string of the molecule is CSc1c(N)nsc1NC(C)C1CCCCC1. The summed E-state index contributed by atoms with van der Waals surface area (Å²) >= 11 is 3.16. The van der Waals surface area contributed by atoms with E-state index in [0.29, 0.717) is 11.9 Å². The van der Waals surface area contributed by atoms with Crippen molar-refractivity contribution in [2.45, 2.75) is 50.0 Å². The minimum Gasteiger partial charge on any atom is -0.382 e. The summed E-state index contributed by atoms with van der Waals surface area (Å²) in [7, 11) is 0. The molecule has 1 fully saturated rings. The molecule has 3 N–H and O–H groups in total. The highest BCUT2D eigenvalue weighted by atomic mass is 32.2. The quantitative estimate of drug-likeness (QED) is 0.817. The van der Waals surface area contributed by atoms with Gasteiger partial charge in [0.25, 0.3) is 0 Å². The van der Waals surface area contributed by atoms with Gasteiger partial charge in [-0.15, -0.1) is 11.8 Å². The lowest BCUT2D eigenvalue weighted by molar-refractivity contribution is 0.328. The first-order valence-electron chi connectivity index (χ1n) is 6.28. The molecule has 0 spiro atoms. The van der Waals surface area contributed by atoms with Gasteiger partial charge in [0.1, 0.15) is 5.00 Å². The molecule has 2 rings (SSSR count). The van der Waals surface area contributed by atoms with Crippen molar-refractivity contribution in [2.75, 3.05) is 17.3 Å². The lowest BCUT2D eigenvalue weighted by Gasteiger charge is -2.28. The molecule has 5 heteroatoms. The highest BCUT2D eigenvalue weighted by molar-refractivity contribution is 7.99. The molecule has 0 amide bonds. The number of aromatic nitrogens is 1. The number of anilines is 2. The number of nitrogens with two attached hydrogens (primary N) is 1. The van der Waals surface area contributed by atoms with Gasteiger partial charge < -0.3 is 11.1 Å². The zero-order chi connectivity index (χ0) is 12.3. The van der Waals surface area contributed by atoms with Crippen molar-refractivity contribution in [1.82, 2.24) is 4.37 Å². The van der Waals surface area contributed by atoms with Crippen LogP contribution in [0.1, 0.15) is 39.0 Å². The summed E-state index contributed by atoms with van der Waals surface area (Å²) in [4.78, 5) is 1.11. The van der Waals surface area contributed by atoms with Gasteiger partial charge in [-0.1, -0.05) is 19.3 Å². The Hall–Kier alpha value is -0.420. The Kier molecular flexibility index (Phi) is 4.56. The van der Waals surface area contributed by atoms with Gasteiger partial charge in [-0.05, 0) is 43.5 Å². The number of nitrogen functional groups attached to an aromatic ring is 1. The molecule has 1 aromatic rings. The summed E-state index contributed by atoms with van der Waals surface area (Å²) in [5.74, 6) is 1.47. The molecule has 1 aromatic heterocycles. The predicted molar refractivity (Wildman–Crippen MR) is 78.0 cm³/mol. The van der Waals surface area contributed by atoms with Crippen molar-refractivity contribution in [3.63, 3.8) is 0 Å². The van der Waals surface area contributed by atoms with Gasteiger partial charge in [-0.25, -0.2) is 0 Å². The normalized spacial score (nSPS) is 19.2. The molecule has 0 aliphatic heterocycles. The van der Waals surface area contributed by atoms with E-state index in [9.17, 15) is 0 Å². The van der Waals surface area contributed by atoms with Crippen molar-refractivity contribution in [1.29, 1.82) is 0 Å². The van der Waals surface area contributed by atoms with Crippen molar-refractivity contribution in [3.8, 4) is 0 Å². The molecule has 1 saturated carbocycles. The van der Waals surface area contributed by atoms with Crippen LogP contribution in [0.2, 0.25) is 0 Å². The van der Waals surface area contributed by atoms with Crippen LogP contribution in [0.15, 0.2) is 4.90 Å². The highest BCUT2D eigenvalue weighted by Gasteiger charge is 2.21. The van der Waals surface area contributed by atoms with Gasteiger partial charge in [0.15, 0.2) is 5.82 Å². The Morgan fingerprint density at radius 2 is 2.12 bits per heavy atom. The van der Waals surface area contributed by atoms with E-state index in [4.69, 9.17) is 5.73 Å². The first kappa shape index (κ1) is 13.0. The lowest BCUT2D eigenvalue weighted by Crippen LogP contribution is -2.27. The zero-order valence-corrected chi connectivity index (χ0v) is 12.2. The average molecular weight is 271 g/mol. The highest BCUT2D eigenvalue weighted by Crippen LogP contribution is 2.36. The molecule has 17 heavy (non-hydrogen) atoms. The molecule has 1 unspecified atom stereocenters. The molecule has 96 valence electrons. The molecular formula is C12H21N3S2. The molecule has 0 bridgehead atoms. The van der Waals surface area contributed by atoms with Crippen LogP contribution in [0.5, 0.6) is 0 Å². The summed E-state index contributed by atoms with van der Waals surface area (Å²) < 4.78 is 4.22. The molecule has 1 heterocycles. The van der Waals surface area contributed by atoms with E-state index in [1.807, 2.05) is 0 Å². The fourth-order valence-corrected chi connectivity index (χ4v) is 4.17. The average Bonchev–Trinajstić information content (AvgIpc) is 2.71. The van der Waals surface area contributed by atoms with Crippen LogP contribution in [0, 0.1) is 5.92 Å². The monoisotopic (exact) mass is 271 g/mol. The van der Waals surface area contributed by atoms with Gasteiger partial charge in [-0.2, -0.15) is 4.37 Å². The third-order valence-electron chi connectivity index (χ3n) is 3.59. The van der Waals surface area contributed by atoms with E-state index in [0.717, 1.165) is 15.8 Å². The summed E-state index contributed by atoms with van der Waals surface area (Å²) in [6, 6.07) is 0.529. The number of nitrogens with one attached hydrogen (secondary N) is 1. The lowest BCUT2D eigenvalue weighted by atomic mass is 9.84. The Morgan fingerprint density at radius 3 is 2.76 bits per heavy atom. The standard InChI is InChI=1S/C12H21N3S2/c1-8(9-6-4-3-5-7-9)14-12-10(16-2)11(13)15-17-12/h8-9,14H,3-7H2,1-2H3,(H2,13,15). The van der Waals surface area contributed by atoms with Crippen LogP contribution in [0.3, 0.4) is 0 Å². The van der Waals surface area contributed by atoms with Crippen LogP contribution in [0.4, 0.5) is 10.8 Å². The maximum atomic E-state index is 5.84. The number of rotatable bonds is 4. The van der Waals surface area contributed by atoms with Gasteiger partial charge in [0.2, 0.25) is 0 Å². The number of thioether (sulfide) groups is 1. The largest absolute Gasteiger partial charge is 0.382 e. The summed E-state index contributed by atoms with van der Waals surface area (Å²) in [6.45, 7) is 2.29. The molecule has 0 radical (unpaired) electrons. The second-order valence-electron chi connectivity index (χ2n) is 4.76. The molecule has 1 aliphatic carbocycles. The first-order valence-corrected chi connectivity index (χ1v) is 8.28. The zero-order valence-electron chi connectivity index (χ0n) is 10.5. The summed E-state index contributed by atoms with van der Waals surface area (Å²) in [6.07, 6.45) is 8.95. The number of hydrogen-bond acceptors (Lipinski definition) is 5. The van der Waals surface area contributed by atoms with Crippen LogP contribution >= 0.6 is 23.3 Å². The van der Waals surface area contributed by atoms with Crippen LogP contribution < -0.4 is 11.1 Å². The van der Waals surface area contributed by atoms with Crippen LogP contribution in [0.25, 0.3) is 0 Å². The molecule has 1 atom stereocenters. The Morgan fingerprint density at radius 1 is 1.41 bits per heavy atom. The van der Waals surface area contributed by atoms with Crippen molar-refractivity contribution in [2.24, 2.45) is 5.92 Å². The summed E-state index contributed by atoms with van der Waals surface area (Å²) in [5, 5.41) is 4.75. The smallest absolute Gasteiger partial charge is 0.153 e. The minimum absolute atomic E-state index is 0.529. The molecule has 3 nitrogen and oxygen atoms in total. The van der Waals surface area contributed by atoms with E-state index in [-0.39, 0.29) is 0 Å². The predicted octanol–water partition coefficient (Wildman–Crippen LogP) is 3.83. The van der Waals surface area contributed by atoms with Crippen LogP contribution in [-0.4, -0.2) is 16.7 Å². The molecule has 1 aliphatic rings. The Balaban J connectivity index is 1.99. The summed E-state index contributed by atoms with van der Waals surface area (Å²) in [5.41, 5.74) is 5.84. The van der Waals surface area contributed by atoms with Crippen molar-refractivity contribution < 1.29 is 0 Å². The maximum absolute atomic E-state index is 5.84.